The zero-order chi connectivity index (χ0) is 30.7. The minimum Gasteiger partial charge on any atom is -0.480 e. The topological polar surface area (TPSA) is 183 Å². The van der Waals surface area contributed by atoms with Crippen LogP contribution in [0.5, 0.6) is 0 Å². The number of carboxylic acids is 1. The first-order chi connectivity index (χ1) is 19.2. The van der Waals surface area contributed by atoms with Gasteiger partial charge in [0.2, 0.25) is 17.7 Å². The molecule has 5 N–H and O–H groups in total. The number of carboxylic acid groups (broad SMARTS) is 1. The van der Waals surface area contributed by atoms with Crippen molar-refractivity contribution in [1.29, 1.82) is 0 Å². The first kappa shape index (κ1) is 33.0. The lowest BCUT2D eigenvalue weighted by atomic mass is 10.0. The van der Waals surface area contributed by atoms with Gasteiger partial charge in [-0.1, -0.05) is 32.0 Å². The van der Waals surface area contributed by atoms with Crippen molar-refractivity contribution >= 4 is 35.7 Å². The molecular formula is C28H41N5O8. The van der Waals surface area contributed by atoms with Gasteiger partial charge in [0.15, 0.2) is 0 Å². The molecule has 41 heavy (non-hydrogen) atoms. The summed E-state index contributed by atoms with van der Waals surface area (Å²) in [4.78, 5) is 76.4. The standard InChI is InChI=1S/C28H41N5O8/c1-17(2)14-19(24(36)29-15-20(26(38)39)32-27(40)41-28(3,4)5)31-25(37)21-12-9-13-33(21)22(34)16-30-23(35)18-10-7-6-8-11-18/h6-8,10-11,17,19-21H,9,12-16H2,1-5H3,(H,29,36)(H,30,35)(H,31,37)(H,32,40)(H,38,39). The van der Waals surface area contributed by atoms with E-state index in [1.807, 2.05) is 13.8 Å². The number of alkyl carbamates (subject to hydrolysis) is 1. The number of hydrogen-bond acceptors (Lipinski definition) is 7. The summed E-state index contributed by atoms with van der Waals surface area (Å²) in [7, 11) is 0. The van der Waals surface area contributed by atoms with Crippen molar-refractivity contribution in [2.75, 3.05) is 19.6 Å². The van der Waals surface area contributed by atoms with Gasteiger partial charge in [0.1, 0.15) is 23.7 Å². The van der Waals surface area contributed by atoms with E-state index < -0.39 is 66.0 Å². The van der Waals surface area contributed by atoms with Gasteiger partial charge in [0.05, 0.1) is 6.54 Å². The van der Waals surface area contributed by atoms with E-state index in [4.69, 9.17) is 4.74 Å². The molecule has 0 aliphatic carbocycles. The summed E-state index contributed by atoms with van der Waals surface area (Å²) < 4.78 is 5.08. The summed E-state index contributed by atoms with van der Waals surface area (Å²) in [5, 5.41) is 19.4. The van der Waals surface area contributed by atoms with Crippen LogP contribution in [0.4, 0.5) is 4.79 Å². The number of rotatable bonds is 12. The Hall–Kier alpha value is -4.16. The van der Waals surface area contributed by atoms with Gasteiger partial charge < -0.3 is 36.0 Å². The third-order valence-electron chi connectivity index (χ3n) is 6.12. The highest BCUT2D eigenvalue weighted by Gasteiger charge is 2.36. The molecular weight excluding hydrogens is 534 g/mol. The lowest BCUT2D eigenvalue weighted by Crippen LogP contribution is -2.56. The highest BCUT2D eigenvalue weighted by molar-refractivity contribution is 5.97. The second-order valence-corrected chi connectivity index (χ2v) is 11.3. The highest BCUT2D eigenvalue weighted by Crippen LogP contribution is 2.18. The lowest BCUT2D eigenvalue weighted by molar-refractivity contribution is -0.140. The molecule has 0 radical (unpaired) electrons. The Morgan fingerprint density at radius 3 is 2.24 bits per heavy atom. The summed E-state index contributed by atoms with van der Waals surface area (Å²) in [6.45, 7) is 8.21. The van der Waals surface area contributed by atoms with Crippen LogP contribution in [0.1, 0.15) is 64.2 Å². The molecule has 1 aliphatic rings. The number of amides is 5. The average molecular weight is 576 g/mol. The molecule has 13 heteroatoms. The van der Waals surface area contributed by atoms with Gasteiger partial charge in [-0.2, -0.15) is 0 Å². The van der Waals surface area contributed by atoms with Crippen LogP contribution < -0.4 is 21.3 Å². The molecule has 226 valence electrons. The molecule has 1 saturated heterocycles. The first-order valence-corrected chi connectivity index (χ1v) is 13.6. The molecule has 1 aromatic rings. The van der Waals surface area contributed by atoms with Crippen LogP contribution in [0.3, 0.4) is 0 Å². The second-order valence-electron chi connectivity index (χ2n) is 11.3. The van der Waals surface area contributed by atoms with E-state index in [1.54, 1.807) is 51.1 Å². The number of nitrogens with one attached hydrogen (secondary N) is 4. The number of likely N-dealkylation sites (tertiary alicyclic amines) is 1. The fourth-order valence-electron chi connectivity index (χ4n) is 4.23. The van der Waals surface area contributed by atoms with Gasteiger partial charge in [0, 0.05) is 18.7 Å². The van der Waals surface area contributed by atoms with E-state index in [-0.39, 0.29) is 18.9 Å². The van der Waals surface area contributed by atoms with Gasteiger partial charge >= 0.3 is 12.1 Å². The maximum absolute atomic E-state index is 13.2. The third-order valence-corrected chi connectivity index (χ3v) is 6.12. The van der Waals surface area contributed by atoms with Crippen molar-refractivity contribution in [3.63, 3.8) is 0 Å². The molecule has 13 nitrogen and oxygen atoms in total. The predicted molar refractivity (Wildman–Crippen MR) is 149 cm³/mol. The smallest absolute Gasteiger partial charge is 0.408 e. The van der Waals surface area contributed by atoms with Crippen molar-refractivity contribution in [2.24, 2.45) is 5.92 Å². The quantitative estimate of drug-likeness (QED) is 0.245. The van der Waals surface area contributed by atoms with Gasteiger partial charge in [-0.05, 0) is 58.1 Å². The summed E-state index contributed by atoms with van der Waals surface area (Å²) in [6, 6.07) is 5.15. The summed E-state index contributed by atoms with van der Waals surface area (Å²) in [5.74, 6) is -3.36. The fraction of sp³-hybridized carbons (Fsp3) is 0.571. The van der Waals surface area contributed by atoms with Crippen LogP contribution in [-0.2, 0) is 23.9 Å². The molecule has 0 saturated carbocycles. The Bertz CT molecular complexity index is 1100. The first-order valence-electron chi connectivity index (χ1n) is 13.6. The summed E-state index contributed by atoms with van der Waals surface area (Å²) in [6.07, 6.45) is 0.273. The van der Waals surface area contributed by atoms with Crippen molar-refractivity contribution in [1.82, 2.24) is 26.2 Å². The lowest BCUT2D eigenvalue weighted by Gasteiger charge is -2.27. The van der Waals surface area contributed by atoms with Crippen molar-refractivity contribution < 1.29 is 38.6 Å². The minimum absolute atomic E-state index is 0.00396. The van der Waals surface area contributed by atoms with Gasteiger partial charge in [0.25, 0.3) is 5.91 Å². The minimum atomic E-state index is -1.46. The average Bonchev–Trinajstić information content (AvgIpc) is 3.38. The van der Waals surface area contributed by atoms with Crippen molar-refractivity contribution in [3.05, 3.63) is 35.9 Å². The Balaban J connectivity index is 1.99. The van der Waals surface area contributed by atoms with E-state index in [2.05, 4.69) is 21.3 Å². The largest absolute Gasteiger partial charge is 0.480 e. The Labute approximate surface area is 239 Å². The van der Waals surface area contributed by atoms with Gasteiger partial charge in [-0.3, -0.25) is 19.2 Å². The van der Waals surface area contributed by atoms with Crippen LogP contribution in [0, 0.1) is 5.92 Å². The Kier molecular flexibility index (Phi) is 12.1. The predicted octanol–water partition coefficient (Wildman–Crippen LogP) is 1.03. The van der Waals surface area contributed by atoms with Crippen molar-refractivity contribution in [3.8, 4) is 0 Å². The van der Waals surface area contributed by atoms with E-state index >= 15 is 0 Å². The number of aliphatic carboxylic acids is 1. The van der Waals surface area contributed by atoms with Crippen LogP contribution in [-0.4, -0.2) is 89.1 Å². The molecule has 0 bridgehead atoms. The third kappa shape index (κ3) is 11.1. The molecule has 1 heterocycles. The van der Waals surface area contributed by atoms with Crippen molar-refractivity contribution in [2.45, 2.75) is 77.6 Å². The van der Waals surface area contributed by atoms with E-state index in [0.717, 1.165) is 0 Å². The zero-order valence-corrected chi connectivity index (χ0v) is 24.2. The highest BCUT2D eigenvalue weighted by atomic mass is 16.6. The summed E-state index contributed by atoms with van der Waals surface area (Å²) in [5.41, 5.74) is -0.434. The molecule has 0 aromatic heterocycles. The van der Waals surface area contributed by atoms with Crippen LogP contribution in [0.2, 0.25) is 0 Å². The Morgan fingerprint density at radius 2 is 1.66 bits per heavy atom. The molecule has 1 aliphatic heterocycles. The maximum Gasteiger partial charge on any atom is 0.408 e. The number of carbonyl (C=O) groups is 6. The molecule has 3 unspecified atom stereocenters. The normalized spacial score (nSPS) is 16.3. The van der Waals surface area contributed by atoms with Crippen LogP contribution in [0.15, 0.2) is 30.3 Å². The second kappa shape index (κ2) is 15.0. The fourth-order valence-corrected chi connectivity index (χ4v) is 4.23. The van der Waals surface area contributed by atoms with Gasteiger partial charge in [-0.25, -0.2) is 9.59 Å². The van der Waals surface area contributed by atoms with Gasteiger partial charge in [-0.15, -0.1) is 0 Å². The molecule has 1 aromatic carbocycles. The zero-order valence-electron chi connectivity index (χ0n) is 24.2. The van der Waals surface area contributed by atoms with Crippen LogP contribution >= 0.6 is 0 Å². The SMILES string of the molecule is CC(C)CC(NC(=O)C1CCCN1C(=O)CNC(=O)c1ccccc1)C(=O)NCC(NC(=O)OC(C)(C)C)C(=O)O. The van der Waals surface area contributed by atoms with E-state index in [9.17, 15) is 33.9 Å². The number of hydrogen-bond donors (Lipinski definition) is 5. The molecule has 5 amide bonds. The number of nitrogens with zero attached hydrogens (tertiary/aromatic N) is 1. The van der Waals surface area contributed by atoms with E-state index in [1.165, 1.54) is 4.90 Å². The Morgan fingerprint density at radius 1 is 1.00 bits per heavy atom. The number of ether oxygens (including phenoxy) is 1. The molecule has 2 rings (SSSR count). The summed E-state index contributed by atoms with van der Waals surface area (Å²) >= 11 is 0. The number of benzene rings is 1. The molecule has 1 fully saturated rings. The monoisotopic (exact) mass is 575 g/mol. The molecule has 0 spiro atoms. The van der Waals surface area contributed by atoms with Crippen LogP contribution in [0.25, 0.3) is 0 Å². The number of carbonyl (C=O) groups excluding carboxylic acids is 5. The maximum atomic E-state index is 13.2. The van der Waals surface area contributed by atoms with E-state index in [0.29, 0.717) is 24.9 Å². The molecule has 3 atom stereocenters.